The van der Waals surface area contributed by atoms with E-state index in [0.717, 1.165) is 0 Å². The second-order valence-electron chi connectivity index (χ2n) is 6.77. The monoisotopic (exact) mass is 422 g/mol. The van der Waals surface area contributed by atoms with Crippen molar-refractivity contribution in [2.24, 2.45) is 5.11 Å². The number of carbonyl (C=O) groups excluding carboxylic acids is 1. The fraction of sp³-hybridized carbons (Fsp3) is 0.938. The summed E-state index contributed by atoms with van der Waals surface area (Å²) in [5.41, 5.74) is 8.19. The highest BCUT2D eigenvalue weighted by molar-refractivity contribution is 5.73. The number of hydrogen-bond acceptors (Lipinski definition) is 10. The highest BCUT2D eigenvalue weighted by Gasteiger charge is 2.44. The third-order valence-corrected chi connectivity index (χ3v) is 4.30. The lowest BCUT2D eigenvalue weighted by atomic mass is 9.99. The van der Waals surface area contributed by atoms with Gasteiger partial charge < -0.3 is 45.1 Å². The number of rotatable bonds is 12. The predicted octanol–water partition coefficient (Wildman–Crippen LogP) is -2.23. The van der Waals surface area contributed by atoms with Crippen molar-refractivity contribution in [3.63, 3.8) is 0 Å². The van der Waals surface area contributed by atoms with E-state index in [-0.39, 0.29) is 26.4 Å². The fourth-order valence-corrected chi connectivity index (χ4v) is 2.69. The summed E-state index contributed by atoms with van der Waals surface area (Å²) in [6, 6.07) is -0.998. The van der Waals surface area contributed by atoms with Gasteiger partial charge in [0.1, 0.15) is 30.5 Å². The van der Waals surface area contributed by atoms with Gasteiger partial charge in [-0.25, -0.2) is 0 Å². The molecule has 1 rings (SSSR count). The fourth-order valence-electron chi connectivity index (χ4n) is 2.69. The number of hydrogen-bond donors (Lipinski definition) is 6. The molecule has 6 N–H and O–H groups in total. The molecule has 13 nitrogen and oxygen atoms in total. The Morgan fingerprint density at radius 1 is 1.28 bits per heavy atom. The van der Waals surface area contributed by atoms with Crippen LogP contribution in [0.3, 0.4) is 0 Å². The second kappa shape index (κ2) is 12.9. The van der Waals surface area contributed by atoms with Crippen LogP contribution in [0.25, 0.3) is 10.4 Å². The van der Waals surface area contributed by atoms with Crippen molar-refractivity contribution in [1.29, 1.82) is 0 Å². The number of aliphatic hydroxyl groups is 5. The van der Waals surface area contributed by atoms with Crippen LogP contribution in [0.15, 0.2) is 5.11 Å². The van der Waals surface area contributed by atoms with Crippen LogP contribution in [-0.4, -0.2) is 107 Å². The molecule has 0 aromatic carbocycles. The zero-order valence-electron chi connectivity index (χ0n) is 16.4. The molecule has 0 spiro atoms. The number of azide groups is 1. The van der Waals surface area contributed by atoms with Crippen molar-refractivity contribution < 1.29 is 44.5 Å². The van der Waals surface area contributed by atoms with Crippen LogP contribution in [0.5, 0.6) is 0 Å². The van der Waals surface area contributed by atoms with Crippen LogP contribution in [0.2, 0.25) is 0 Å². The minimum atomic E-state index is -1.59. The molecule has 0 aromatic rings. The molecule has 1 amide bonds. The van der Waals surface area contributed by atoms with Gasteiger partial charge in [-0.1, -0.05) is 5.11 Å². The molecule has 0 saturated carbocycles. The van der Waals surface area contributed by atoms with Gasteiger partial charge in [-0.3, -0.25) is 4.79 Å². The van der Waals surface area contributed by atoms with E-state index in [1.807, 2.05) is 0 Å². The lowest BCUT2D eigenvalue weighted by Crippen LogP contribution is -2.60. The van der Waals surface area contributed by atoms with Gasteiger partial charge in [0, 0.05) is 25.0 Å². The maximum atomic E-state index is 11.3. The average Bonchev–Trinajstić information content (AvgIpc) is 2.67. The van der Waals surface area contributed by atoms with Gasteiger partial charge in [0.2, 0.25) is 5.91 Å². The third kappa shape index (κ3) is 8.38. The summed E-state index contributed by atoms with van der Waals surface area (Å²) in [6.07, 6.45) is -9.04. The van der Waals surface area contributed by atoms with Gasteiger partial charge in [-0.2, -0.15) is 0 Å². The molecule has 13 heteroatoms. The van der Waals surface area contributed by atoms with Crippen LogP contribution >= 0.6 is 0 Å². The Labute approximate surface area is 167 Å². The van der Waals surface area contributed by atoms with E-state index in [1.54, 1.807) is 0 Å². The minimum absolute atomic E-state index is 0.119. The summed E-state index contributed by atoms with van der Waals surface area (Å²) < 4.78 is 16.2. The van der Waals surface area contributed by atoms with Crippen LogP contribution in [0.4, 0.5) is 0 Å². The van der Waals surface area contributed by atoms with Crippen LogP contribution in [-0.2, 0) is 19.0 Å². The minimum Gasteiger partial charge on any atom is -0.391 e. The van der Waals surface area contributed by atoms with E-state index in [4.69, 9.17) is 19.7 Å². The molecular formula is C16H30N4O9. The molecule has 0 aliphatic carbocycles. The van der Waals surface area contributed by atoms with Gasteiger partial charge in [0.25, 0.3) is 0 Å². The first kappa shape index (κ1) is 25.5. The first-order chi connectivity index (χ1) is 13.7. The summed E-state index contributed by atoms with van der Waals surface area (Å²) in [5.74, 6) is -0.467. The normalized spacial score (nSPS) is 30.1. The van der Waals surface area contributed by atoms with E-state index >= 15 is 0 Å². The Morgan fingerprint density at radius 2 is 1.97 bits per heavy atom. The zero-order chi connectivity index (χ0) is 22.0. The lowest BCUT2D eigenvalue weighted by Gasteiger charge is -2.40. The molecule has 1 aliphatic rings. The molecule has 1 heterocycles. The highest BCUT2D eigenvalue weighted by atomic mass is 16.7. The van der Waals surface area contributed by atoms with Crippen LogP contribution < -0.4 is 5.32 Å². The van der Waals surface area contributed by atoms with Gasteiger partial charge in [0.05, 0.1) is 25.4 Å². The summed E-state index contributed by atoms with van der Waals surface area (Å²) in [4.78, 5) is 13.9. The molecule has 1 aliphatic heterocycles. The third-order valence-electron chi connectivity index (χ3n) is 4.30. The quantitative estimate of drug-likeness (QED) is 0.0869. The van der Waals surface area contributed by atoms with Gasteiger partial charge in [-0.15, -0.1) is 0 Å². The molecule has 0 radical (unpaired) electrons. The van der Waals surface area contributed by atoms with Crippen molar-refractivity contribution >= 4 is 5.91 Å². The zero-order valence-corrected chi connectivity index (χ0v) is 16.4. The molecule has 29 heavy (non-hydrogen) atoms. The second-order valence-corrected chi connectivity index (χ2v) is 6.77. The smallest absolute Gasteiger partial charge is 0.217 e. The first-order valence-electron chi connectivity index (χ1n) is 9.22. The number of carbonyl (C=O) groups is 1. The topological polar surface area (TPSA) is 207 Å². The Morgan fingerprint density at radius 3 is 2.55 bits per heavy atom. The number of nitrogens with one attached hydrogen (secondary N) is 1. The largest absolute Gasteiger partial charge is 0.391 e. The number of ether oxygens (including phenoxy) is 3. The Hall–Kier alpha value is -1.54. The highest BCUT2D eigenvalue weighted by Crippen LogP contribution is 2.23. The predicted molar refractivity (Wildman–Crippen MR) is 97.4 cm³/mol. The van der Waals surface area contributed by atoms with Crippen molar-refractivity contribution in [3.8, 4) is 0 Å². The van der Waals surface area contributed by atoms with E-state index in [0.29, 0.717) is 6.42 Å². The molecular weight excluding hydrogens is 392 g/mol. The molecule has 168 valence electrons. The summed E-state index contributed by atoms with van der Waals surface area (Å²) >= 11 is 0. The lowest BCUT2D eigenvalue weighted by molar-refractivity contribution is -0.304. The van der Waals surface area contributed by atoms with E-state index in [1.165, 1.54) is 13.8 Å². The Bertz CT molecular complexity index is 546. The van der Waals surface area contributed by atoms with E-state index in [2.05, 4.69) is 15.3 Å². The van der Waals surface area contributed by atoms with Crippen molar-refractivity contribution in [2.45, 2.75) is 69.2 Å². The summed E-state index contributed by atoms with van der Waals surface area (Å²) in [5, 5.41) is 55.5. The van der Waals surface area contributed by atoms with Crippen LogP contribution in [0.1, 0.15) is 20.3 Å². The first-order valence-corrected chi connectivity index (χ1v) is 9.22. The number of aliphatic hydroxyl groups excluding tert-OH is 5. The molecule has 0 bridgehead atoms. The molecule has 2 unspecified atom stereocenters. The average molecular weight is 422 g/mol. The number of amides is 1. The maximum absolute atomic E-state index is 11.3. The Balaban J connectivity index is 2.63. The number of nitrogens with zero attached hydrogens (tertiary/aromatic N) is 3. The van der Waals surface area contributed by atoms with Crippen molar-refractivity contribution in [3.05, 3.63) is 10.4 Å². The molecule has 0 aromatic heterocycles. The van der Waals surface area contributed by atoms with Gasteiger partial charge >= 0.3 is 0 Å². The van der Waals surface area contributed by atoms with Crippen molar-refractivity contribution in [2.75, 3.05) is 26.4 Å². The van der Waals surface area contributed by atoms with Gasteiger partial charge in [-0.05, 0) is 18.9 Å². The molecule has 8 atom stereocenters. The van der Waals surface area contributed by atoms with Crippen molar-refractivity contribution in [1.82, 2.24) is 5.32 Å². The summed E-state index contributed by atoms with van der Waals surface area (Å²) in [6.45, 7) is 2.57. The Kier molecular flexibility index (Phi) is 11.3. The van der Waals surface area contributed by atoms with Crippen LogP contribution in [0, 0.1) is 0 Å². The molecule has 1 fully saturated rings. The van der Waals surface area contributed by atoms with Gasteiger partial charge in [0.15, 0.2) is 6.29 Å². The molecule has 1 saturated heterocycles. The van der Waals surface area contributed by atoms with E-state index < -0.39 is 54.9 Å². The van der Waals surface area contributed by atoms with E-state index in [9.17, 15) is 30.3 Å². The maximum Gasteiger partial charge on any atom is 0.217 e. The SMILES string of the molecule is CC(=O)N[C@@H](CO[C@H]1OC(COCCCN=[N+]=[N-])[C@H](O)[C@H](O)C1O)[C@H](O)[C@@H](C)O. The standard InChI is InChI=1S/C16H30N4O9/c1-8(21)12(23)10(19-9(2)22)6-28-16-15(26)14(25)13(24)11(29-16)7-27-5-3-4-18-20-17/h8,10-16,21,23-26H,3-7H2,1-2H3,(H,19,22)/t8-,10+,11?,12-,13+,14+,15?,16+/m1/s1. The summed E-state index contributed by atoms with van der Waals surface area (Å²) in [7, 11) is 0.